The minimum atomic E-state index is -0.0342. The molecular formula is C12H14BrNOS. The van der Waals surface area contributed by atoms with E-state index >= 15 is 0 Å². The van der Waals surface area contributed by atoms with Crippen molar-refractivity contribution < 1.29 is 4.79 Å². The smallest absolute Gasteiger partial charge is 0.252 e. The summed E-state index contributed by atoms with van der Waals surface area (Å²) in [4.78, 5) is 12.6. The van der Waals surface area contributed by atoms with Crippen LogP contribution in [-0.2, 0) is 0 Å². The highest BCUT2D eigenvalue weighted by atomic mass is 79.9. The molecule has 1 saturated carbocycles. The molecule has 4 heteroatoms. The molecule has 1 unspecified atom stereocenters. The van der Waals surface area contributed by atoms with Gasteiger partial charge in [0.2, 0.25) is 0 Å². The van der Waals surface area contributed by atoms with Crippen LogP contribution in [0.5, 0.6) is 0 Å². The lowest BCUT2D eigenvalue weighted by molar-refractivity contribution is 0.0943. The van der Waals surface area contributed by atoms with E-state index in [2.05, 4.69) is 47.7 Å². The first-order chi connectivity index (χ1) is 7.40. The van der Waals surface area contributed by atoms with Crippen molar-refractivity contribution in [3.8, 4) is 0 Å². The molecule has 1 aliphatic carbocycles. The number of carbonyl (C=O) groups excluding carboxylic acids is 1. The number of halogens is 1. The molecule has 0 heterocycles. The van der Waals surface area contributed by atoms with E-state index in [0.717, 1.165) is 10.9 Å². The molecule has 1 aromatic rings. The van der Waals surface area contributed by atoms with Gasteiger partial charge in [0.1, 0.15) is 0 Å². The van der Waals surface area contributed by atoms with E-state index in [1.165, 1.54) is 0 Å². The summed E-state index contributed by atoms with van der Waals surface area (Å²) in [6.45, 7) is 4.31. The van der Waals surface area contributed by atoms with Gasteiger partial charge in [-0.05, 0) is 30.0 Å². The highest BCUT2D eigenvalue weighted by molar-refractivity contribution is 9.10. The van der Waals surface area contributed by atoms with E-state index in [4.69, 9.17) is 0 Å². The fourth-order valence-electron chi connectivity index (χ4n) is 1.65. The fraction of sp³-hybridized carbons (Fsp3) is 0.417. The van der Waals surface area contributed by atoms with Crippen LogP contribution < -0.4 is 5.32 Å². The Balaban J connectivity index is 2.10. The monoisotopic (exact) mass is 299 g/mol. The molecule has 1 amide bonds. The molecule has 0 aromatic heterocycles. The summed E-state index contributed by atoms with van der Waals surface area (Å²) in [5, 5.41) is 3.02. The second-order valence-electron chi connectivity index (χ2n) is 4.88. The number of rotatable bonds is 2. The van der Waals surface area contributed by atoms with Crippen LogP contribution in [0, 0.1) is 5.41 Å². The largest absolute Gasteiger partial charge is 0.349 e. The van der Waals surface area contributed by atoms with E-state index in [0.29, 0.717) is 16.5 Å². The van der Waals surface area contributed by atoms with Crippen molar-refractivity contribution in [2.75, 3.05) is 0 Å². The summed E-state index contributed by atoms with van der Waals surface area (Å²) in [5.74, 6) is -0.0342. The number of hydrogen-bond donors (Lipinski definition) is 2. The second-order valence-corrected chi connectivity index (χ2v) is 6.28. The quantitative estimate of drug-likeness (QED) is 0.807. The number of amides is 1. The summed E-state index contributed by atoms with van der Waals surface area (Å²) in [7, 11) is 0. The Kier molecular flexibility index (Phi) is 3.05. The predicted octanol–water partition coefficient (Wildman–Crippen LogP) is 3.27. The molecule has 0 aliphatic heterocycles. The summed E-state index contributed by atoms with van der Waals surface area (Å²) in [5.41, 5.74) is 0.885. The van der Waals surface area contributed by atoms with Crippen LogP contribution in [0.1, 0.15) is 30.6 Å². The lowest BCUT2D eigenvalue weighted by Crippen LogP contribution is -2.28. The molecule has 2 nitrogen and oxygen atoms in total. The van der Waals surface area contributed by atoms with Gasteiger partial charge in [-0.3, -0.25) is 4.79 Å². The van der Waals surface area contributed by atoms with Gasteiger partial charge < -0.3 is 5.32 Å². The van der Waals surface area contributed by atoms with E-state index < -0.39 is 0 Å². The molecule has 1 N–H and O–H groups in total. The number of nitrogens with one attached hydrogen (secondary N) is 1. The van der Waals surface area contributed by atoms with Crippen molar-refractivity contribution in [3.63, 3.8) is 0 Å². The highest BCUT2D eigenvalue weighted by Gasteiger charge is 2.46. The minimum Gasteiger partial charge on any atom is -0.349 e. The van der Waals surface area contributed by atoms with Crippen molar-refractivity contribution in [2.24, 2.45) is 5.41 Å². The second kappa shape index (κ2) is 4.08. The van der Waals surface area contributed by atoms with Crippen molar-refractivity contribution >= 4 is 34.5 Å². The number of carbonyl (C=O) groups is 1. The lowest BCUT2D eigenvalue weighted by Gasteiger charge is -2.08. The van der Waals surface area contributed by atoms with Crippen LogP contribution in [0.15, 0.2) is 27.6 Å². The van der Waals surface area contributed by atoms with Crippen LogP contribution in [0.3, 0.4) is 0 Å². The number of benzene rings is 1. The maximum atomic E-state index is 11.9. The van der Waals surface area contributed by atoms with Crippen LogP contribution in [-0.4, -0.2) is 11.9 Å². The lowest BCUT2D eigenvalue weighted by atomic mass is 10.1. The van der Waals surface area contributed by atoms with Crippen molar-refractivity contribution in [1.82, 2.24) is 5.32 Å². The fourth-order valence-corrected chi connectivity index (χ4v) is 2.50. The van der Waals surface area contributed by atoms with Crippen molar-refractivity contribution in [1.29, 1.82) is 0 Å². The minimum absolute atomic E-state index is 0.0342. The summed E-state index contributed by atoms with van der Waals surface area (Å²) < 4.78 is 0.931. The van der Waals surface area contributed by atoms with Gasteiger partial charge in [-0.25, -0.2) is 0 Å². The Morgan fingerprint density at radius 3 is 2.69 bits per heavy atom. The van der Waals surface area contributed by atoms with E-state index in [-0.39, 0.29) is 11.3 Å². The summed E-state index contributed by atoms with van der Waals surface area (Å²) in [6, 6.07) is 5.77. The third-order valence-electron chi connectivity index (χ3n) is 3.02. The third-order valence-corrected chi connectivity index (χ3v) is 3.89. The van der Waals surface area contributed by atoms with Crippen molar-refractivity contribution in [3.05, 3.63) is 28.2 Å². The SMILES string of the molecule is CC1(C)CC1NC(=O)c1ccc(Br)cc1S. The first-order valence-electron chi connectivity index (χ1n) is 5.19. The van der Waals surface area contributed by atoms with E-state index in [1.54, 1.807) is 6.07 Å². The molecule has 16 heavy (non-hydrogen) atoms. The highest BCUT2D eigenvalue weighted by Crippen LogP contribution is 2.44. The van der Waals surface area contributed by atoms with Crippen LogP contribution >= 0.6 is 28.6 Å². The van der Waals surface area contributed by atoms with E-state index in [9.17, 15) is 4.79 Å². The Morgan fingerprint density at radius 1 is 1.56 bits per heavy atom. The molecule has 0 spiro atoms. The van der Waals surface area contributed by atoms with Gasteiger partial charge in [0.15, 0.2) is 0 Å². The zero-order chi connectivity index (χ0) is 11.9. The summed E-state index contributed by atoms with van der Waals surface area (Å²) >= 11 is 7.65. The molecule has 1 aromatic carbocycles. The van der Waals surface area contributed by atoms with Crippen LogP contribution in [0.25, 0.3) is 0 Å². The Morgan fingerprint density at radius 2 is 2.19 bits per heavy atom. The molecule has 2 rings (SSSR count). The third kappa shape index (κ3) is 2.43. The van der Waals surface area contributed by atoms with Gasteiger partial charge >= 0.3 is 0 Å². The molecule has 1 atom stereocenters. The normalized spacial score (nSPS) is 21.6. The molecule has 0 radical (unpaired) electrons. The Hall–Kier alpha value is -0.480. The first-order valence-corrected chi connectivity index (χ1v) is 6.43. The van der Waals surface area contributed by atoms with Crippen molar-refractivity contribution in [2.45, 2.75) is 31.2 Å². The average molecular weight is 300 g/mol. The van der Waals surface area contributed by atoms with Gasteiger partial charge in [-0.1, -0.05) is 29.8 Å². The first kappa shape index (κ1) is 12.0. The zero-order valence-corrected chi connectivity index (χ0v) is 11.7. The molecule has 0 saturated heterocycles. The van der Waals surface area contributed by atoms with Gasteiger partial charge in [-0.15, -0.1) is 12.6 Å². The maximum Gasteiger partial charge on any atom is 0.252 e. The van der Waals surface area contributed by atoms with Gasteiger partial charge in [0.25, 0.3) is 5.91 Å². The Bertz CT molecular complexity index is 445. The Labute approximate surface area is 109 Å². The molecule has 86 valence electrons. The molecular weight excluding hydrogens is 286 g/mol. The van der Waals surface area contributed by atoms with Gasteiger partial charge in [0.05, 0.1) is 5.56 Å². The average Bonchev–Trinajstić information content (AvgIpc) is 2.72. The molecule has 1 fully saturated rings. The molecule has 1 aliphatic rings. The van der Waals surface area contributed by atoms with Gasteiger partial charge in [0, 0.05) is 15.4 Å². The predicted molar refractivity (Wildman–Crippen MR) is 71.0 cm³/mol. The standard InChI is InChI=1S/C12H14BrNOS/c1-12(2)6-10(12)14-11(15)8-4-3-7(13)5-9(8)16/h3-5,10,16H,6H2,1-2H3,(H,14,15). The van der Waals surface area contributed by atoms with Crippen LogP contribution in [0.2, 0.25) is 0 Å². The molecule has 0 bridgehead atoms. The number of hydrogen-bond acceptors (Lipinski definition) is 2. The summed E-state index contributed by atoms with van der Waals surface area (Å²) in [6.07, 6.45) is 1.05. The number of thiol groups is 1. The van der Waals surface area contributed by atoms with E-state index in [1.807, 2.05) is 12.1 Å². The zero-order valence-electron chi connectivity index (χ0n) is 9.25. The topological polar surface area (TPSA) is 29.1 Å². The maximum absolute atomic E-state index is 11.9. The van der Waals surface area contributed by atoms with Crippen LogP contribution in [0.4, 0.5) is 0 Å². The van der Waals surface area contributed by atoms with Gasteiger partial charge in [-0.2, -0.15) is 0 Å².